The van der Waals surface area contributed by atoms with Crippen LogP contribution in [-0.2, 0) is 22.6 Å². The minimum absolute atomic E-state index is 0.0114. The molecule has 49 heavy (non-hydrogen) atoms. The second kappa shape index (κ2) is 13.8. The molecule has 2 N–H and O–H groups in total. The van der Waals surface area contributed by atoms with E-state index >= 15 is 0 Å². The van der Waals surface area contributed by atoms with E-state index in [9.17, 15) is 9.90 Å². The number of likely N-dealkylation sites (tertiary alicyclic amines) is 1. The largest absolute Gasteiger partial charge is 0.392 e. The number of aromatic nitrogens is 1. The zero-order valence-electron chi connectivity index (χ0n) is 29.1. The summed E-state index contributed by atoms with van der Waals surface area (Å²) < 4.78 is 13.8. The number of hydrogen-bond donors (Lipinski definition) is 2. The first-order valence-corrected chi connectivity index (χ1v) is 17.7. The van der Waals surface area contributed by atoms with Crippen molar-refractivity contribution in [2.45, 2.75) is 84.6 Å². The van der Waals surface area contributed by atoms with Crippen molar-refractivity contribution in [3.8, 4) is 11.1 Å². The number of benzene rings is 3. The van der Waals surface area contributed by atoms with Crippen LogP contribution in [0.1, 0.15) is 92.0 Å². The number of fused-ring (bicyclic) bond motifs is 2. The third kappa shape index (κ3) is 7.51. The van der Waals surface area contributed by atoms with Crippen molar-refractivity contribution in [1.29, 1.82) is 0 Å². The third-order valence-corrected chi connectivity index (χ3v) is 10.9. The normalized spacial score (nSPS) is 27.9. The lowest BCUT2D eigenvalue weighted by Crippen LogP contribution is -2.46. The summed E-state index contributed by atoms with van der Waals surface area (Å²) >= 11 is 0. The summed E-state index contributed by atoms with van der Waals surface area (Å²) in [6.07, 6.45) is 6.30. The fraction of sp³-hybridized carbons (Fsp3) is 0.429. The standard InChI is InChI=1S/C42H49N3O4/c1-28-37(24-45-27-42(4)21-36(45)20-41(2,3)26-42)48-40(49-38(28)31-15-13-29(25-46)14-16-31)34-11-6-10-33(19-34)32-9-5-8-30(18-32)22-44-39(47)35-12-7-17-43-23-35/h5-19,23,28,36-38,40,46H,20-22,24-27H2,1-4H3,(H,44,47)/t28-,36?,37+,38+,40+,42?/m0/s1. The lowest BCUT2D eigenvalue weighted by atomic mass is 9.65. The first kappa shape index (κ1) is 33.6. The Hall–Kier alpha value is -3.88. The van der Waals surface area contributed by atoms with E-state index < -0.39 is 6.29 Å². The van der Waals surface area contributed by atoms with E-state index in [2.05, 4.69) is 91.4 Å². The van der Waals surface area contributed by atoms with Gasteiger partial charge in [0.25, 0.3) is 5.91 Å². The van der Waals surface area contributed by atoms with E-state index in [4.69, 9.17) is 9.47 Å². The van der Waals surface area contributed by atoms with Gasteiger partial charge >= 0.3 is 0 Å². The minimum Gasteiger partial charge on any atom is -0.392 e. The third-order valence-electron chi connectivity index (χ3n) is 10.9. The Labute approximate surface area is 290 Å². The van der Waals surface area contributed by atoms with Crippen LogP contribution in [0.4, 0.5) is 0 Å². The number of ether oxygens (including phenoxy) is 2. The number of carbonyl (C=O) groups is 1. The zero-order chi connectivity index (χ0) is 34.2. The summed E-state index contributed by atoms with van der Waals surface area (Å²) in [6, 6.07) is 29.0. The lowest BCUT2D eigenvalue weighted by molar-refractivity contribution is -0.276. The van der Waals surface area contributed by atoms with Gasteiger partial charge in [-0.2, -0.15) is 0 Å². The molecule has 1 aliphatic carbocycles. The Morgan fingerprint density at radius 1 is 0.918 bits per heavy atom. The average molecular weight is 660 g/mol. The van der Waals surface area contributed by atoms with Gasteiger partial charge in [0.15, 0.2) is 6.29 Å². The molecule has 2 bridgehead atoms. The summed E-state index contributed by atoms with van der Waals surface area (Å²) in [5, 5.41) is 12.7. The molecular weight excluding hydrogens is 610 g/mol. The Morgan fingerprint density at radius 2 is 1.69 bits per heavy atom. The molecule has 1 aromatic heterocycles. The molecule has 3 aromatic carbocycles. The van der Waals surface area contributed by atoms with Crippen LogP contribution in [-0.4, -0.2) is 46.1 Å². The number of amides is 1. The second-order valence-corrected chi connectivity index (χ2v) is 15.7. The predicted molar refractivity (Wildman–Crippen MR) is 191 cm³/mol. The summed E-state index contributed by atoms with van der Waals surface area (Å²) in [7, 11) is 0. The van der Waals surface area contributed by atoms with E-state index in [1.807, 2.05) is 24.3 Å². The van der Waals surface area contributed by atoms with Crippen molar-refractivity contribution in [2.24, 2.45) is 16.7 Å². The lowest BCUT2D eigenvalue weighted by Gasteiger charge is -2.43. The smallest absolute Gasteiger partial charge is 0.253 e. The number of carbonyl (C=O) groups excluding carboxylic acids is 1. The number of hydrogen-bond acceptors (Lipinski definition) is 6. The van der Waals surface area contributed by atoms with Crippen LogP contribution < -0.4 is 5.32 Å². The molecule has 2 aliphatic heterocycles. The molecule has 1 saturated carbocycles. The highest BCUT2D eigenvalue weighted by Gasteiger charge is 2.51. The summed E-state index contributed by atoms with van der Waals surface area (Å²) in [6.45, 7) is 12.0. The van der Waals surface area contributed by atoms with Crippen LogP contribution in [0.2, 0.25) is 0 Å². The SMILES string of the molecule is C[C@H]1[C@@H](CN2CC3(C)CC2CC(C)(C)C3)O[C@@H](c2cccc(-c3cccc(CNC(=O)c4cccnc4)c3)c2)O[C@H]1c1ccc(CO)cc1. The Balaban J connectivity index is 1.13. The molecule has 7 rings (SSSR count). The highest BCUT2D eigenvalue weighted by molar-refractivity contribution is 5.93. The van der Waals surface area contributed by atoms with Gasteiger partial charge < -0.3 is 19.9 Å². The molecule has 0 radical (unpaired) electrons. The van der Waals surface area contributed by atoms with E-state index in [1.54, 1.807) is 24.5 Å². The quantitative estimate of drug-likeness (QED) is 0.190. The molecule has 256 valence electrons. The summed E-state index contributed by atoms with van der Waals surface area (Å²) in [4.78, 5) is 19.4. The molecule has 7 heteroatoms. The summed E-state index contributed by atoms with van der Waals surface area (Å²) in [5.74, 6) is -0.00845. The van der Waals surface area contributed by atoms with E-state index in [1.165, 1.54) is 19.3 Å². The van der Waals surface area contributed by atoms with E-state index in [0.717, 1.165) is 46.5 Å². The van der Waals surface area contributed by atoms with Gasteiger partial charge in [-0.25, -0.2) is 0 Å². The molecule has 0 spiro atoms. The first-order chi connectivity index (χ1) is 23.6. The number of nitrogens with zero attached hydrogens (tertiary/aromatic N) is 2. The highest BCUT2D eigenvalue weighted by Crippen LogP contribution is 2.53. The number of rotatable bonds is 9. The van der Waals surface area contributed by atoms with Crippen molar-refractivity contribution < 1.29 is 19.4 Å². The van der Waals surface area contributed by atoms with Crippen LogP contribution in [0.25, 0.3) is 11.1 Å². The van der Waals surface area contributed by atoms with E-state index in [0.29, 0.717) is 29.0 Å². The van der Waals surface area contributed by atoms with Crippen LogP contribution in [0, 0.1) is 16.7 Å². The molecule has 3 fully saturated rings. The maximum Gasteiger partial charge on any atom is 0.253 e. The average Bonchev–Trinajstić information content (AvgIpc) is 3.35. The van der Waals surface area contributed by atoms with Crippen LogP contribution >= 0.6 is 0 Å². The number of pyridine rings is 1. The first-order valence-electron chi connectivity index (χ1n) is 17.7. The van der Waals surface area contributed by atoms with Crippen molar-refractivity contribution >= 4 is 5.91 Å². The molecule has 3 heterocycles. The predicted octanol–water partition coefficient (Wildman–Crippen LogP) is 7.86. The van der Waals surface area contributed by atoms with Gasteiger partial charge in [0, 0.05) is 49.6 Å². The highest BCUT2D eigenvalue weighted by atomic mass is 16.7. The number of aliphatic hydroxyl groups excluding tert-OH is 1. The monoisotopic (exact) mass is 659 g/mol. The summed E-state index contributed by atoms with van der Waals surface area (Å²) in [5.41, 5.74) is 7.37. The minimum atomic E-state index is -0.528. The van der Waals surface area contributed by atoms with Gasteiger partial charge in [-0.05, 0) is 82.2 Å². The van der Waals surface area contributed by atoms with Gasteiger partial charge in [0.1, 0.15) is 0 Å². The molecule has 3 aliphatic rings. The van der Waals surface area contributed by atoms with Crippen molar-refractivity contribution in [2.75, 3.05) is 13.1 Å². The van der Waals surface area contributed by atoms with Gasteiger partial charge in [0.2, 0.25) is 0 Å². The van der Waals surface area contributed by atoms with Crippen LogP contribution in [0.3, 0.4) is 0 Å². The maximum atomic E-state index is 12.6. The topological polar surface area (TPSA) is 83.9 Å². The van der Waals surface area contributed by atoms with Crippen molar-refractivity contribution in [3.63, 3.8) is 0 Å². The molecule has 7 nitrogen and oxygen atoms in total. The van der Waals surface area contributed by atoms with Gasteiger partial charge in [-0.1, -0.05) is 88.4 Å². The fourth-order valence-corrected chi connectivity index (χ4v) is 8.86. The molecule has 4 aromatic rings. The Bertz CT molecular complexity index is 1760. The van der Waals surface area contributed by atoms with Crippen molar-refractivity contribution in [3.05, 3.63) is 125 Å². The number of aliphatic hydroxyl groups is 1. The molecule has 2 saturated heterocycles. The van der Waals surface area contributed by atoms with Gasteiger partial charge in [0.05, 0.1) is 24.4 Å². The second-order valence-electron chi connectivity index (χ2n) is 15.7. The van der Waals surface area contributed by atoms with Crippen molar-refractivity contribution in [1.82, 2.24) is 15.2 Å². The van der Waals surface area contributed by atoms with Crippen LogP contribution in [0.15, 0.2) is 97.3 Å². The van der Waals surface area contributed by atoms with E-state index in [-0.39, 0.29) is 30.6 Å². The molecular formula is C42H49N3O4. The molecule has 6 atom stereocenters. The van der Waals surface area contributed by atoms with Gasteiger partial charge in [-0.15, -0.1) is 0 Å². The molecule has 2 unspecified atom stereocenters. The van der Waals surface area contributed by atoms with Gasteiger partial charge in [-0.3, -0.25) is 14.7 Å². The zero-order valence-corrected chi connectivity index (χ0v) is 29.1. The molecule has 1 amide bonds. The Morgan fingerprint density at radius 3 is 2.45 bits per heavy atom. The van der Waals surface area contributed by atoms with Crippen LogP contribution in [0.5, 0.6) is 0 Å². The maximum absolute atomic E-state index is 12.6. The fourth-order valence-electron chi connectivity index (χ4n) is 8.86. The number of nitrogens with one attached hydrogen (secondary N) is 1. The Kier molecular flexibility index (Phi) is 9.46.